The van der Waals surface area contributed by atoms with Crippen molar-refractivity contribution in [3.63, 3.8) is 0 Å². The lowest BCUT2D eigenvalue weighted by atomic mass is 10.2. The van der Waals surface area contributed by atoms with Crippen LogP contribution in [-0.2, 0) is 14.8 Å². The van der Waals surface area contributed by atoms with Gasteiger partial charge in [-0.2, -0.15) is 4.31 Å². The van der Waals surface area contributed by atoms with Gasteiger partial charge in [-0.15, -0.1) is 0 Å². The number of hydrogen-bond acceptors (Lipinski definition) is 4. The topological polar surface area (TPSA) is 78.5 Å². The van der Waals surface area contributed by atoms with E-state index < -0.39 is 15.8 Å². The molecule has 0 unspecified atom stereocenters. The van der Waals surface area contributed by atoms with Gasteiger partial charge in [0.15, 0.2) is 0 Å². The van der Waals surface area contributed by atoms with Crippen LogP contribution in [0.15, 0.2) is 47.4 Å². The third kappa shape index (κ3) is 5.01. The zero-order chi connectivity index (χ0) is 20.1. The van der Waals surface area contributed by atoms with Gasteiger partial charge in [0.05, 0.1) is 16.5 Å². The van der Waals surface area contributed by atoms with E-state index in [1.807, 2.05) is 0 Å². The molecule has 6 nitrogen and oxygen atoms in total. The summed E-state index contributed by atoms with van der Waals surface area (Å²) in [6.07, 6.45) is 2.78. The number of sulfonamides is 1. The molecular weight excluding hydrogens is 405 g/mol. The molecule has 9 heteroatoms. The maximum Gasteiger partial charge on any atom is 0.243 e. The average molecular weight is 426 g/mol. The summed E-state index contributed by atoms with van der Waals surface area (Å²) in [7, 11) is -3.54. The van der Waals surface area contributed by atoms with E-state index in [0.717, 1.165) is 19.3 Å². The first kappa shape index (κ1) is 20.6. The van der Waals surface area contributed by atoms with Crippen LogP contribution in [0.25, 0.3) is 0 Å². The Bertz CT molecular complexity index is 963. The van der Waals surface area contributed by atoms with Crippen molar-refractivity contribution in [2.24, 2.45) is 0 Å². The normalized spacial score (nSPS) is 15.2. The largest absolute Gasteiger partial charge is 0.376 e. The molecule has 0 spiro atoms. The van der Waals surface area contributed by atoms with Gasteiger partial charge < -0.3 is 10.6 Å². The zero-order valence-corrected chi connectivity index (χ0v) is 16.7. The predicted octanol–water partition coefficient (Wildman–Crippen LogP) is 3.70. The van der Waals surface area contributed by atoms with E-state index in [2.05, 4.69) is 10.6 Å². The Hall–Kier alpha value is -2.16. The molecule has 1 fully saturated rings. The SMILES string of the molecule is O=C(CNc1cccc(S(=O)(=O)N2CCCCC2)c1)Nc1ccc(F)c(Cl)c1. The third-order valence-corrected chi connectivity index (χ3v) is 6.63. The molecule has 0 aliphatic carbocycles. The molecule has 1 aliphatic rings. The minimum absolute atomic E-state index is 0.0811. The maximum atomic E-state index is 13.2. The Morgan fingerprint density at radius 3 is 2.54 bits per heavy atom. The molecule has 2 N–H and O–H groups in total. The highest BCUT2D eigenvalue weighted by molar-refractivity contribution is 7.89. The number of hydrogen-bond donors (Lipinski definition) is 2. The number of anilines is 2. The summed E-state index contributed by atoms with van der Waals surface area (Å²) in [4.78, 5) is 12.3. The fourth-order valence-electron chi connectivity index (χ4n) is 2.98. The number of rotatable bonds is 6. The van der Waals surface area contributed by atoms with Crippen molar-refractivity contribution in [2.45, 2.75) is 24.2 Å². The van der Waals surface area contributed by atoms with E-state index in [1.54, 1.807) is 18.2 Å². The third-order valence-electron chi connectivity index (χ3n) is 4.44. The number of nitrogens with zero attached hydrogens (tertiary/aromatic N) is 1. The molecule has 2 aromatic carbocycles. The fourth-order valence-corrected chi connectivity index (χ4v) is 4.73. The van der Waals surface area contributed by atoms with E-state index in [1.165, 1.54) is 28.6 Å². The lowest BCUT2D eigenvalue weighted by Crippen LogP contribution is -2.35. The standard InChI is InChI=1S/C19H21ClFN3O3S/c20-17-12-15(7-8-18(17)21)23-19(25)13-22-14-5-4-6-16(11-14)28(26,27)24-9-2-1-3-10-24/h4-8,11-12,22H,1-3,9-10,13H2,(H,23,25). The molecule has 0 saturated carbocycles. The van der Waals surface area contributed by atoms with Gasteiger partial charge in [0.25, 0.3) is 0 Å². The van der Waals surface area contributed by atoms with E-state index in [9.17, 15) is 17.6 Å². The molecule has 28 heavy (non-hydrogen) atoms. The van der Waals surface area contributed by atoms with Gasteiger partial charge >= 0.3 is 0 Å². The summed E-state index contributed by atoms with van der Waals surface area (Å²) in [5.74, 6) is -0.934. The van der Waals surface area contributed by atoms with Crippen LogP contribution in [-0.4, -0.2) is 38.3 Å². The Morgan fingerprint density at radius 2 is 1.82 bits per heavy atom. The van der Waals surface area contributed by atoms with Crippen LogP contribution in [0, 0.1) is 5.82 Å². The summed E-state index contributed by atoms with van der Waals surface area (Å²) < 4.78 is 40.2. The lowest BCUT2D eigenvalue weighted by Gasteiger charge is -2.26. The number of carbonyl (C=O) groups is 1. The number of halogens is 2. The van der Waals surface area contributed by atoms with Gasteiger partial charge in [0.2, 0.25) is 15.9 Å². The summed E-state index contributed by atoms with van der Waals surface area (Å²) in [5.41, 5.74) is 0.894. The first-order valence-corrected chi connectivity index (χ1v) is 10.8. The van der Waals surface area contributed by atoms with E-state index >= 15 is 0 Å². The van der Waals surface area contributed by atoms with Gasteiger partial charge in [-0.1, -0.05) is 24.1 Å². The van der Waals surface area contributed by atoms with Crippen molar-refractivity contribution >= 4 is 38.9 Å². The van der Waals surface area contributed by atoms with E-state index in [0.29, 0.717) is 24.5 Å². The fraction of sp³-hybridized carbons (Fsp3) is 0.316. The highest BCUT2D eigenvalue weighted by atomic mass is 35.5. The number of piperidine rings is 1. The van der Waals surface area contributed by atoms with Gasteiger partial charge in [0, 0.05) is 24.5 Å². The first-order chi connectivity index (χ1) is 13.4. The smallest absolute Gasteiger partial charge is 0.243 e. The highest BCUT2D eigenvalue weighted by Crippen LogP contribution is 2.23. The molecule has 0 aromatic heterocycles. The van der Waals surface area contributed by atoms with E-state index in [-0.39, 0.29) is 22.4 Å². The van der Waals surface area contributed by atoms with Crippen molar-refractivity contribution in [1.29, 1.82) is 0 Å². The zero-order valence-electron chi connectivity index (χ0n) is 15.1. The molecule has 1 amide bonds. The molecule has 1 aliphatic heterocycles. The summed E-state index contributed by atoms with van der Waals surface area (Å²) in [6, 6.07) is 10.3. The maximum absolute atomic E-state index is 13.2. The average Bonchev–Trinajstić information content (AvgIpc) is 2.70. The second-order valence-corrected chi connectivity index (χ2v) is 8.87. The Morgan fingerprint density at radius 1 is 1.07 bits per heavy atom. The summed E-state index contributed by atoms with van der Waals surface area (Å²) in [6.45, 7) is 0.980. The Balaban J connectivity index is 1.62. The van der Waals surface area contributed by atoms with Crippen LogP contribution in [0.4, 0.5) is 15.8 Å². The van der Waals surface area contributed by atoms with Gasteiger partial charge in [0.1, 0.15) is 5.82 Å². The highest BCUT2D eigenvalue weighted by Gasteiger charge is 2.25. The molecule has 0 bridgehead atoms. The minimum atomic E-state index is -3.54. The second-order valence-electron chi connectivity index (χ2n) is 6.52. The quantitative estimate of drug-likeness (QED) is 0.739. The Labute approximate surface area is 168 Å². The predicted molar refractivity (Wildman–Crippen MR) is 108 cm³/mol. The monoisotopic (exact) mass is 425 g/mol. The lowest BCUT2D eigenvalue weighted by molar-refractivity contribution is -0.114. The van der Waals surface area contributed by atoms with Gasteiger partial charge in [-0.05, 0) is 49.2 Å². The van der Waals surface area contributed by atoms with Crippen molar-refractivity contribution in [2.75, 3.05) is 30.3 Å². The first-order valence-electron chi connectivity index (χ1n) is 8.95. The molecule has 2 aromatic rings. The molecule has 0 atom stereocenters. The van der Waals surface area contributed by atoms with Crippen LogP contribution in [0.3, 0.4) is 0 Å². The van der Waals surface area contributed by atoms with Crippen LogP contribution >= 0.6 is 11.6 Å². The summed E-state index contributed by atoms with van der Waals surface area (Å²) >= 11 is 5.69. The molecule has 0 radical (unpaired) electrons. The second kappa shape index (κ2) is 8.89. The van der Waals surface area contributed by atoms with Gasteiger partial charge in [-0.25, -0.2) is 12.8 Å². The minimum Gasteiger partial charge on any atom is -0.376 e. The number of carbonyl (C=O) groups excluding carboxylic acids is 1. The van der Waals surface area contributed by atoms with Crippen molar-refractivity contribution in [3.05, 3.63) is 53.3 Å². The number of amides is 1. The molecule has 1 heterocycles. The van der Waals surface area contributed by atoms with Crippen LogP contribution in [0.1, 0.15) is 19.3 Å². The van der Waals surface area contributed by atoms with Crippen molar-refractivity contribution in [1.82, 2.24) is 4.31 Å². The molecule has 3 rings (SSSR count). The molecular formula is C19H21ClFN3O3S. The number of benzene rings is 2. The van der Waals surface area contributed by atoms with Crippen molar-refractivity contribution in [3.8, 4) is 0 Å². The van der Waals surface area contributed by atoms with Crippen LogP contribution in [0.5, 0.6) is 0 Å². The van der Waals surface area contributed by atoms with Gasteiger partial charge in [-0.3, -0.25) is 4.79 Å². The number of nitrogens with one attached hydrogen (secondary N) is 2. The molecule has 1 saturated heterocycles. The van der Waals surface area contributed by atoms with Crippen LogP contribution in [0.2, 0.25) is 5.02 Å². The Kier molecular flexibility index (Phi) is 6.53. The van der Waals surface area contributed by atoms with E-state index in [4.69, 9.17) is 11.6 Å². The summed E-state index contributed by atoms with van der Waals surface area (Å²) in [5, 5.41) is 5.42. The van der Waals surface area contributed by atoms with Crippen LogP contribution < -0.4 is 10.6 Å². The molecule has 150 valence electrons. The van der Waals surface area contributed by atoms with Crippen molar-refractivity contribution < 1.29 is 17.6 Å².